The normalized spacial score (nSPS) is 11.8. The first kappa shape index (κ1) is 21.0. The fourth-order valence-corrected chi connectivity index (χ4v) is 1.99. The average Bonchev–Trinajstić information content (AvgIpc) is 2.53. The Morgan fingerprint density at radius 1 is 1.32 bits per heavy atom. The van der Waals surface area contributed by atoms with Crippen LogP contribution in [0.15, 0.2) is 23.3 Å². The Morgan fingerprint density at radius 3 is 2.56 bits per heavy atom. The molecule has 0 saturated carbocycles. The highest BCUT2D eigenvalue weighted by Gasteiger charge is 2.19. The van der Waals surface area contributed by atoms with Crippen LogP contribution in [0.5, 0.6) is 0 Å². The summed E-state index contributed by atoms with van der Waals surface area (Å²) < 4.78 is 5.30. The van der Waals surface area contributed by atoms with E-state index in [1.54, 1.807) is 26.4 Å². The summed E-state index contributed by atoms with van der Waals surface area (Å²) in [6.07, 6.45) is 2.23. The molecule has 140 valence electrons. The Morgan fingerprint density at radius 2 is 2.00 bits per heavy atom. The molecule has 0 aliphatic heterocycles. The van der Waals surface area contributed by atoms with Crippen molar-refractivity contribution in [3.05, 3.63) is 29.0 Å². The van der Waals surface area contributed by atoms with Crippen molar-refractivity contribution in [1.82, 2.24) is 20.5 Å². The first-order chi connectivity index (χ1) is 11.7. The molecule has 1 amide bonds. The zero-order chi connectivity index (χ0) is 18.9. The second-order valence-electron chi connectivity index (χ2n) is 6.57. The van der Waals surface area contributed by atoms with Crippen molar-refractivity contribution in [3.63, 3.8) is 0 Å². The molecule has 25 heavy (non-hydrogen) atoms. The molecule has 1 heterocycles. The lowest BCUT2D eigenvalue weighted by Gasteiger charge is -2.24. The van der Waals surface area contributed by atoms with Crippen LogP contribution in [0.25, 0.3) is 0 Å². The number of rotatable bonds is 6. The first-order valence-corrected chi connectivity index (χ1v) is 8.58. The van der Waals surface area contributed by atoms with Crippen LogP contribution >= 0.6 is 11.6 Å². The van der Waals surface area contributed by atoms with E-state index in [0.29, 0.717) is 30.7 Å². The van der Waals surface area contributed by atoms with Crippen molar-refractivity contribution in [2.75, 3.05) is 33.7 Å². The number of guanidine groups is 1. The predicted molar refractivity (Wildman–Crippen MR) is 101 cm³/mol. The summed E-state index contributed by atoms with van der Waals surface area (Å²) >= 11 is 5.77. The lowest BCUT2D eigenvalue weighted by molar-refractivity contribution is 0.0302. The SMILES string of the molecule is CN=C(NCCc1ccc(Cl)nc1)NCCN(C)C(=O)OC(C)(C)C. The van der Waals surface area contributed by atoms with Crippen LogP contribution in [0.2, 0.25) is 5.15 Å². The fraction of sp³-hybridized carbons (Fsp3) is 0.588. The number of hydrogen-bond donors (Lipinski definition) is 2. The quantitative estimate of drug-likeness (QED) is 0.457. The third kappa shape index (κ3) is 9.14. The second kappa shape index (κ2) is 10.1. The maximum absolute atomic E-state index is 11.9. The van der Waals surface area contributed by atoms with Crippen LogP contribution < -0.4 is 10.6 Å². The van der Waals surface area contributed by atoms with E-state index >= 15 is 0 Å². The number of likely N-dealkylation sites (N-methyl/N-ethyl adjacent to an activating group) is 1. The van der Waals surface area contributed by atoms with Crippen molar-refractivity contribution in [1.29, 1.82) is 0 Å². The molecule has 1 rings (SSSR count). The van der Waals surface area contributed by atoms with Crippen LogP contribution in [0.3, 0.4) is 0 Å². The van der Waals surface area contributed by atoms with E-state index in [4.69, 9.17) is 16.3 Å². The van der Waals surface area contributed by atoms with Crippen LogP contribution in [0.4, 0.5) is 4.79 Å². The number of pyridine rings is 1. The van der Waals surface area contributed by atoms with Crippen LogP contribution in [0.1, 0.15) is 26.3 Å². The number of carbonyl (C=O) groups is 1. The summed E-state index contributed by atoms with van der Waals surface area (Å²) in [5.74, 6) is 0.680. The molecule has 0 saturated heterocycles. The van der Waals surface area contributed by atoms with E-state index in [0.717, 1.165) is 12.0 Å². The fourth-order valence-electron chi connectivity index (χ4n) is 1.87. The summed E-state index contributed by atoms with van der Waals surface area (Å²) in [5, 5.41) is 6.87. The predicted octanol–water partition coefficient (Wildman–Crippen LogP) is 2.31. The lowest BCUT2D eigenvalue weighted by atomic mass is 10.2. The van der Waals surface area contributed by atoms with E-state index in [9.17, 15) is 4.79 Å². The average molecular weight is 370 g/mol. The molecule has 0 spiro atoms. The molecule has 0 bridgehead atoms. The highest BCUT2D eigenvalue weighted by atomic mass is 35.5. The van der Waals surface area contributed by atoms with Crippen LogP contribution in [0, 0.1) is 0 Å². The van der Waals surface area contributed by atoms with Gasteiger partial charge in [0.25, 0.3) is 0 Å². The van der Waals surface area contributed by atoms with Gasteiger partial charge in [-0.05, 0) is 38.8 Å². The van der Waals surface area contributed by atoms with Gasteiger partial charge in [-0.1, -0.05) is 17.7 Å². The summed E-state index contributed by atoms with van der Waals surface area (Å²) in [7, 11) is 3.41. The minimum Gasteiger partial charge on any atom is -0.444 e. The highest BCUT2D eigenvalue weighted by Crippen LogP contribution is 2.08. The molecule has 0 aliphatic carbocycles. The van der Waals surface area contributed by atoms with Gasteiger partial charge in [-0.25, -0.2) is 9.78 Å². The van der Waals surface area contributed by atoms with E-state index in [1.165, 1.54) is 4.90 Å². The third-order valence-corrected chi connectivity index (χ3v) is 3.39. The third-order valence-electron chi connectivity index (χ3n) is 3.16. The molecule has 1 aromatic heterocycles. The minimum absolute atomic E-state index is 0.340. The van der Waals surface area contributed by atoms with Crippen LogP contribution in [-0.4, -0.2) is 61.3 Å². The maximum Gasteiger partial charge on any atom is 0.410 e. The number of halogens is 1. The summed E-state index contributed by atoms with van der Waals surface area (Å²) in [5.41, 5.74) is 0.601. The Bertz CT molecular complexity index is 569. The zero-order valence-electron chi connectivity index (χ0n) is 15.6. The van der Waals surface area contributed by atoms with Gasteiger partial charge in [-0.15, -0.1) is 0 Å². The molecule has 0 atom stereocenters. The summed E-state index contributed by atoms with van der Waals surface area (Å²) in [6.45, 7) is 7.33. The largest absolute Gasteiger partial charge is 0.444 e. The number of carbonyl (C=O) groups excluding carboxylic acids is 1. The maximum atomic E-state index is 11.9. The van der Waals surface area contributed by atoms with E-state index in [2.05, 4.69) is 20.6 Å². The first-order valence-electron chi connectivity index (χ1n) is 8.20. The van der Waals surface area contributed by atoms with Gasteiger partial charge in [0, 0.05) is 39.9 Å². The van der Waals surface area contributed by atoms with Crippen molar-refractivity contribution >= 4 is 23.7 Å². The van der Waals surface area contributed by atoms with Crippen molar-refractivity contribution < 1.29 is 9.53 Å². The summed E-state index contributed by atoms with van der Waals surface area (Å²) in [6, 6.07) is 3.72. The van der Waals surface area contributed by atoms with Gasteiger partial charge in [-0.2, -0.15) is 0 Å². The number of hydrogen-bond acceptors (Lipinski definition) is 4. The molecule has 0 aromatic carbocycles. The number of nitrogens with one attached hydrogen (secondary N) is 2. The topological polar surface area (TPSA) is 78.9 Å². The van der Waals surface area contributed by atoms with Gasteiger partial charge in [0.2, 0.25) is 0 Å². The van der Waals surface area contributed by atoms with Gasteiger partial charge in [0.05, 0.1) is 0 Å². The molecule has 8 heteroatoms. The zero-order valence-corrected chi connectivity index (χ0v) is 16.4. The molecule has 0 radical (unpaired) electrons. The second-order valence-corrected chi connectivity index (χ2v) is 6.95. The van der Waals surface area contributed by atoms with Gasteiger partial charge >= 0.3 is 6.09 Å². The molecule has 0 aliphatic rings. The minimum atomic E-state index is -0.493. The van der Waals surface area contributed by atoms with E-state index < -0.39 is 5.60 Å². The van der Waals surface area contributed by atoms with E-state index in [-0.39, 0.29) is 6.09 Å². The monoisotopic (exact) mass is 369 g/mol. The smallest absolute Gasteiger partial charge is 0.410 e. The number of amides is 1. The standard InChI is InChI=1S/C17H28ClN5O2/c1-17(2,3)25-16(24)23(5)11-10-21-15(19-4)20-9-8-13-6-7-14(18)22-12-13/h6-7,12H,8-11H2,1-5H3,(H2,19,20,21). The number of ether oxygens (including phenoxy) is 1. The van der Waals surface area contributed by atoms with Crippen molar-refractivity contribution in [2.24, 2.45) is 4.99 Å². The van der Waals surface area contributed by atoms with Gasteiger partial charge < -0.3 is 20.3 Å². The number of aliphatic imine (C=N–C) groups is 1. The summed E-state index contributed by atoms with van der Waals surface area (Å²) in [4.78, 5) is 21.6. The molecule has 1 aromatic rings. The van der Waals surface area contributed by atoms with Gasteiger partial charge in [0.15, 0.2) is 5.96 Å². The molecule has 0 unspecified atom stereocenters. The Kier molecular flexibility index (Phi) is 8.48. The highest BCUT2D eigenvalue weighted by molar-refractivity contribution is 6.29. The van der Waals surface area contributed by atoms with Gasteiger partial charge in [0.1, 0.15) is 10.8 Å². The van der Waals surface area contributed by atoms with Crippen LogP contribution in [-0.2, 0) is 11.2 Å². The Hall–Kier alpha value is -2.02. The molecular weight excluding hydrogens is 342 g/mol. The van der Waals surface area contributed by atoms with E-state index in [1.807, 2.05) is 26.8 Å². The van der Waals surface area contributed by atoms with Gasteiger partial charge in [-0.3, -0.25) is 4.99 Å². The number of nitrogens with zero attached hydrogens (tertiary/aromatic N) is 3. The molecule has 0 fully saturated rings. The number of aromatic nitrogens is 1. The Labute approximate surface area is 154 Å². The van der Waals surface area contributed by atoms with Crippen molar-refractivity contribution in [2.45, 2.75) is 32.8 Å². The Balaban J connectivity index is 2.27. The molecule has 2 N–H and O–H groups in total. The molecule has 7 nitrogen and oxygen atoms in total. The lowest BCUT2D eigenvalue weighted by Crippen LogP contribution is -2.43. The molecular formula is C17H28ClN5O2. The van der Waals surface area contributed by atoms with Crippen molar-refractivity contribution in [3.8, 4) is 0 Å².